The predicted octanol–water partition coefficient (Wildman–Crippen LogP) is 2.25. The molecule has 0 saturated carbocycles. The Balaban J connectivity index is 2.89. The van der Waals surface area contributed by atoms with Crippen molar-refractivity contribution in [3.63, 3.8) is 0 Å². The zero-order valence-corrected chi connectivity index (χ0v) is 7.89. The van der Waals surface area contributed by atoms with E-state index in [0.29, 0.717) is 5.71 Å². The fourth-order valence-corrected chi connectivity index (χ4v) is 1.72. The Labute approximate surface area is 73.9 Å². The SMILES string of the molecule is COC1=C(Br)/C(=N\O)CCC1. The van der Waals surface area contributed by atoms with E-state index in [4.69, 9.17) is 9.94 Å². The zero-order chi connectivity index (χ0) is 8.27. The second-order valence-corrected chi connectivity index (χ2v) is 3.13. The van der Waals surface area contributed by atoms with Gasteiger partial charge in [0, 0.05) is 6.42 Å². The van der Waals surface area contributed by atoms with Crippen LogP contribution in [0.4, 0.5) is 0 Å². The Bertz CT molecular complexity index is 210. The number of allylic oxidation sites excluding steroid dienone is 2. The lowest BCUT2D eigenvalue weighted by molar-refractivity contribution is 0.271. The standard InChI is InChI=1S/C7H10BrNO2/c1-11-6-4-2-3-5(9-10)7(6)8/h10H,2-4H2,1H3/b9-5-. The van der Waals surface area contributed by atoms with Crippen molar-refractivity contribution in [2.24, 2.45) is 5.16 Å². The molecule has 0 bridgehead atoms. The van der Waals surface area contributed by atoms with Crippen molar-refractivity contribution in [3.8, 4) is 0 Å². The summed E-state index contributed by atoms with van der Waals surface area (Å²) in [6.07, 6.45) is 2.71. The van der Waals surface area contributed by atoms with Gasteiger partial charge in [0.2, 0.25) is 0 Å². The molecule has 1 aliphatic rings. The molecule has 0 saturated heterocycles. The fourth-order valence-electron chi connectivity index (χ4n) is 1.08. The molecule has 0 radical (unpaired) electrons. The summed E-state index contributed by atoms with van der Waals surface area (Å²) in [5.74, 6) is 0.865. The van der Waals surface area contributed by atoms with Gasteiger partial charge in [0.25, 0.3) is 0 Å². The van der Waals surface area contributed by atoms with Crippen molar-refractivity contribution in [1.82, 2.24) is 0 Å². The van der Waals surface area contributed by atoms with Crippen LogP contribution in [0.15, 0.2) is 15.4 Å². The van der Waals surface area contributed by atoms with Gasteiger partial charge in [-0.25, -0.2) is 0 Å². The highest BCUT2D eigenvalue weighted by Gasteiger charge is 2.17. The highest BCUT2D eigenvalue weighted by atomic mass is 79.9. The highest BCUT2D eigenvalue weighted by molar-refractivity contribution is 9.12. The number of rotatable bonds is 1. The summed E-state index contributed by atoms with van der Waals surface area (Å²) in [6.45, 7) is 0. The monoisotopic (exact) mass is 219 g/mol. The first-order valence-electron chi connectivity index (χ1n) is 3.43. The Morgan fingerprint density at radius 2 is 2.27 bits per heavy atom. The number of methoxy groups -OCH3 is 1. The van der Waals surface area contributed by atoms with Crippen LogP contribution in [-0.2, 0) is 4.74 Å². The van der Waals surface area contributed by atoms with E-state index >= 15 is 0 Å². The second kappa shape index (κ2) is 3.76. The normalized spacial score (nSPS) is 22.5. The minimum absolute atomic E-state index is 0.674. The third-order valence-corrected chi connectivity index (χ3v) is 2.58. The molecule has 4 heteroatoms. The first-order valence-corrected chi connectivity index (χ1v) is 4.23. The fraction of sp³-hybridized carbons (Fsp3) is 0.571. The number of nitrogens with zero attached hydrogens (tertiary/aromatic N) is 1. The Kier molecular flexibility index (Phi) is 2.93. The van der Waals surface area contributed by atoms with Crippen molar-refractivity contribution in [3.05, 3.63) is 10.2 Å². The molecule has 1 rings (SSSR count). The van der Waals surface area contributed by atoms with Crippen LogP contribution >= 0.6 is 15.9 Å². The Hall–Kier alpha value is -0.510. The predicted molar refractivity (Wildman–Crippen MR) is 46.0 cm³/mol. The van der Waals surface area contributed by atoms with Crippen LogP contribution in [0.2, 0.25) is 0 Å². The Morgan fingerprint density at radius 3 is 2.82 bits per heavy atom. The van der Waals surface area contributed by atoms with E-state index in [1.807, 2.05) is 0 Å². The van der Waals surface area contributed by atoms with E-state index < -0.39 is 0 Å². The molecule has 0 aliphatic heterocycles. The molecular formula is C7H10BrNO2. The molecule has 0 aromatic heterocycles. The van der Waals surface area contributed by atoms with Gasteiger partial charge in [0.1, 0.15) is 5.76 Å². The number of halogens is 1. The van der Waals surface area contributed by atoms with E-state index in [0.717, 1.165) is 29.5 Å². The summed E-state index contributed by atoms with van der Waals surface area (Å²) in [5, 5.41) is 11.7. The highest BCUT2D eigenvalue weighted by Crippen LogP contribution is 2.27. The van der Waals surface area contributed by atoms with E-state index in [-0.39, 0.29) is 0 Å². The molecule has 1 N–H and O–H groups in total. The van der Waals surface area contributed by atoms with Crippen LogP contribution in [0.25, 0.3) is 0 Å². The number of hydrogen-bond donors (Lipinski definition) is 1. The summed E-state index contributed by atoms with van der Waals surface area (Å²) < 4.78 is 5.88. The maximum absolute atomic E-state index is 8.54. The van der Waals surface area contributed by atoms with Crippen molar-refractivity contribution in [2.75, 3.05) is 7.11 Å². The Morgan fingerprint density at radius 1 is 1.55 bits per heavy atom. The lowest BCUT2D eigenvalue weighted by Crippen LogP contribution is -2.08. The first-order chi connectivity index (χ1) is 5.29. The minimum atomic E-state index is 0.674. The average molecular weight is 220 g/mol. The number of ether oxygens (including phenoxy) is 1. The maximum atomic E-state index is 8.54. The van der Waals surface area contributed by atoms with E-state index in [1.54, 1.807) is 7.11 Å². The summed E-state index contributed by atoms with van der Waals surface area (Å²) in [6, 6.07) is 0. The van der Waals surface area contributed by atoms with Crippen LogP contribution in [0.1, 0.15) is 19.3 Å². The smallest absolute Gasteiger partial charge is 0.112 e. The van der Waals surface area contributed by atoms with E-state index in [1.165, 1.54) is 0 Å². The molecular weight excluding hydrogens is 210 g/mol. The van der Waals surface area contributed by atoms with Crippen molar-refractivity contribution in [1.29, 1.82) is 0 Å². The van der Waals surface area contributed by atoms with Crippen LogP contribution in [0.5, 0.6) is 0 Å². The number of oxime groups is 1. The van der Waals surface area contributed by atoms with E-state index in [9.17, 15) is 0 Å². The van der Waals surface area contributed by atoms with Crippen LogP contribution in [-0.4, -0.2) is 18.0 Å². The lowest BCUT2D eigenvalue weighted by Gasteiger charge is -2.15. The molecule has 0 atom stereocenters. The average Bonchev–Trinajstić information content (AvgIpc) is 2.05. The molecule has 0 spiro atoms. The topological polar surface area (TPSA) is 41.8 Å². The summed E-state index contributed by atoms with van der Waals surface area (Å²) >= 11 is 3.31. The van der Waals surface area contributed by atoms with Gasteiger partial charge in [-0.05, 0) is 28.8 Å². The largest absolute Gasteiger partial charge is 0.500 e. The van der Waals surface area contributed by atoms with Gasteiger partial charge in [-0.1, -0.05) is 5.16 Å². The zero-order valence-electron chi connectivity index (χ0n) is 6.30. The van der Waals surface area contributed by atoms with Gasteiger partial charge in [-0.3, -0.25) is 0 Å². The van der Waals surface area contributed by atoms with Crippen molar-refractivity contribution in [2.45, 2.75) is 19.3 Å². The molecule has 62 valence electrons. The summed E-state index contributed by atoms with van der Waals surface area (Å²) in [5.41, 5.74) is 0.674. The molecule has 0 aromatic carbocycles. The molecule has 0 fully saturated rings. The van der Waals surface area contributed by atoms with E-state index in [2.05, 4.69) is 21.1 Å². The van der Waals surface area contributed by atoms with Gasteiger partial charge in [-0.15, -0.1) is 0 Å². The van der Waals surface area contributed by atoms with Crippen molar-refractivity contribution < 1.29 is 9.94 Å². The third-order valence-electron chi connectivity index (χ3n) is 1.68. The summed E-state index contributed by atoms with van der Waals surface area (Å²) in [7, 11) is 1.62. The molecule has 0 amide bonds. The van der Waals surface area contributed by atoms with Gasteiger partial charge < -0.3 is 9.94 Å². The molecule has 0 aromatic rings. The van der Waals surface area contributed by atoms with Gasteiger partial charge in [0.05, 0.1) is 17.3 Å². The molecule has 11 heavy (non-hydrogen) atoms. The first kappa shape index (κ1) is 8.59. The molecule has 3 nitrogen and oxygen atoms in total. The second-order valence-electron chi connectivity index (χ2n) is 2.34. The lowest BCUT2D eigenvalue weighted by atomic mass is 10.0. The van der Waals surface area contributed by atoms with Crippen LogP contribution in [0, 0.1) is 0 Å². The quantitative estimate of drug-likeness (QED) is 0.543. The summed E-state index contributed by atoms with van der Waals surface area (Å²) in [4.78, 5) is 0. The van der Waals surface area contributed by atoms with Crippen molar-refractivity contribution >= 4 is 21.6 Å². The van der Waals surface area contributed by atoms with Gasteiger partial charge >= 0.3 is 0 Å². The molecule has 0 heterocycles. The van der Waals surface area contributed by atoms with Crippen LogP contribution in [0.3, 0.4) is 0 Å². The maximum Gasteiger partial charge on any atom is 0.112 e. The third kappa shape index (κ3) is 1.74. The molecule has 0 unspecified atom stereocenters. The number of hydrogen-bond acceptors (Lipinski definition) is 3. The van der Waals surface area contributed by atoms with Crippen LogP contribution < -0.4 is 0 Å². The van der Waals surface area contributed by atoms with Gasteiger partial charge in [-0.2, -0.15) is 0 Å². The molecule has 1 aliphatic carbocycles. The minimum Gasteiger partial charge on any atom is -0.500 e. The van der Waals surface area contributed by atoms with Gasteiger partial charge in [0.15, 0.2) is 0 Å².